The van der Waals surface area contributed by atoms with E-state index in [4.69, 9.17) is 11.6 Å². The zero-order chi connectivity index (χ0) is 15.2. The Hall–Kier alpha value is -1.56. The molecule has 2 atom stereocenters. The first-order valence-corrected chi connectivity index (χ1v) is 7.28. The predicted molar refractivity (Wildman–Crippen MR) is 73.3 cm³/mol. The number of hydrogen-bond acceptors (Lipinski definition) is 4. The molecule has 112 valence electrons. The molecule has 1 spiro atoms. The van der Waals surface area contributed by atoms with Crippen molar-refractivity contribution in [3.05, 3.63) is 23.0 Å². The smallest absolute Gasteiger partial charge is 0.290 e. The Morgan fingerprint density at radius 3 is 2.90 bits per heavy atom. The van der Waals surface area contributed by atoms with Crippen molar-refractivity contribution in [2.24, 2.45) is 5.41 Å². The van der Waals surface area contributed by atoms with Crippen LogP contribution in [0.3, 0.4) is 0 Å². The number of likely N-dealkylation sites (tertiary alicyclic amines) is 1. The Morgan fingerprint density at radius 1 is 1.48 bits per heavy atom. The lowest BCUT2D eigenvalue weighted by Gasteiger charge is -2.35. The fourth-order valence-electron chi connectivity index (χ4n) is 3.59. The molecule has 1 saturated carbocycles. The number of rotatable bonds is 1. The lowest BCUT2D eigenvalue weighted by atomic mass is 9.67. The molecular formula is C14H15ClFN3O2. The second-order valence-corrected chi connectivity index (χ2v) is 6.27. The molecule has 1 aromatic heterocycles. The molecule has 0 bridgehead atoms. The molecule has 0 aromatic carbocycles. The van der Waals surface area contributed by atoms with Crippen LogP contribution in [0.25, 0.3) is 0 Å². The van der Waals surface area contributed by atoms with Crippen LogP contribution in [0, 0.1) is 11.2 Å². The summed E-state index contributed by atoms with van der Waals surface area (Å²) in [5, 5.41) is -0.00281. The van der Waals surface area contributed by atoms with Crippen LogP contribution in [-0.2, 0) is 9.59 Å². The predicted octanol–water partition coefficient (Wildman–Crippen LogP) is 1.95. The van der Waals surface area contributed by atoms with E-state index in [0.717, 1.165) is 19.0 Å². The molecule has 0 radical (unpaired) electrons. The summed E-state index contributed by atoms with van der Waals surface area (Å²) in [5.41, 5.74) is -0.442. The first-order chi connectivity index (χ1) is 9.93. The van der Waals surface area contributed by atoms with E-state index in [1.165, 1.54) is 4.90 Å². The summed E-state index contributed by atoms with van der Waals surface area (Å²) in [7, 11) is 1.63. The maximum Gasteiger partial charge on any atom is 0.290 e. The topological polar surface area (TPSA) is 63.2 Å². The lowest BCUT2D eigenvalue weighted by Crippen LogP contribution is -2.36. The Kier molecular flexibility index (Phi) is 3.43. The number of likely N-dealkylation sites (N-methyl/N-ethyl adjacent to an activating group) is 1. The van der Waals surface area contributed by atoms with Crippen molar-refractivity contribution in [3.63, 3.8) is 0 Å². The van der Waals surface area contributed by atoms with E-state index in [0.29, 0.717) is 19.4 Å². The van der Waals surface area contributed by atoms with E-state index in [9.17, 15) is 14.0 Å². The van der Waals surface area contributed by atoms with Gasteiger partial charge in [-0.1, -0.05) is 6.42 Å². The van der Waals surface area contributed by atoms with Gasteiger partial charge in [0.05, 0.1) is 17.3 Å². The zero-order valence-corrected chi connectivity index (χ0v) is 12.4. The van der Waals surface area contributed by atoms with E-state index in [1.807, 2.05) is 0 Å². The van der Waals surface area contributed by atoms with Gasteiger partial charge in [0.25, 0.3) is 5.91 Å². The number of hydrogen-bond donors (Lipinski definition) is 0. The van der Waals surface area contributed by atoms with E-state index < -0.39 is 17.1 Å². The summed E-state index contributed by atoms with van der Waals surface area (Å²) in [6.07, 6.45) is 3.65. The van der Waals surface area contributed by atoms with Gasteiger partial charge in [0.2, 0.25) is 11.1 Å². The molecule has 0 N–H and O–H groups in total. The van der Waals surface area contributed by atoms with Crippen molar-refractivity contribution < 1.29 is 14.0 Å². The van der Waals surface area contributed by atoms with Crippen LogP contribution in [0.1, 0.15) is 37.3 Å². The van der Waals surface area contributed by atoms with E-state index >= 15 is 0 Å². The van der Waals surface area contributed by atoms with Gasteiger partial charge in [0.1, 0.15) is 0 Å². The number of carbonyl (C=O) groups is 2. The Labute approximate surface area is 126 Å². The van der Waals surface area contributed by atoms with Crippen molar-refractivity contribution in [1.82, 2.24) is 14.9 Å². The number of Topliss-reactive ketones (excluding diaryl/α,β-unsaturated/α-hetero) is 1. The van der Waals surface area contributed by atoms with E-state index in [1.54, 1.807) is 7.05 Å². The summed E-state index contributed by atoms with van der Waals surface area (Å²) >= 11 is 5.74. The minimum Gasteiger partial charge on any atom is -0.338 e. The molecule has 3 rings (SSSR count). The van der Waals surface area contributed by atoms with Gasteiger partial charge in [-0.15, -0.1) is 0 Å². The van der Waals surface area contributed by atoms with E-state index in [-0.39, 0.29) is 22.7 Å². The first kappa shape index (κ1) is 14.4. The van der Waals surface area contributed by atoms with Gasteiger partial charge in [-0.2, -0.15) is 0 Å². The van der Waals surface area contributed by atoms with Crippen LogP contribution in [0.5, 0.6) is 0 Å². The highest BCUT2D eigenvalue weighted by Gasteiger charge is 2.52. The van der Waals surface area contributed by atoms with Crippen molar-refractivity contribution in [2.45, 2.75) is 31.6 Å². The maximum absolute atomic E-state index is 13.9. The van der Waals surface area contributed by atoms with Crippen LogP contribution in [-0.4, -0.2) is 40.2 Å². The largest absolute Gasteiger partial charge is 0.338 e. The number of carbonyl (C=O) groups excluding carboxylic acids is 2. The molecule has 2 heterocycles. The summed E-state index contributed by atoms with van der Waals surface area (Å²) in [4.78, 5) is 33.1. The van der Waals surface area contributed by atoms with Crippen molar-refractivity contribution in [3.8, 4) is 0 Å². The Bertz CT molecular complexity index is 624. The number of nitrogens with zero attached hydrogens (tertiary/aromatic N) is 3. The zero-order valence-electron chi connectivity index (χ0n) is 11.6. The van der Waals surface area contributed by atoms with E-state index in [2.05, 4.69) is 9.97 Å². The lowest BCUT2D eigenvalue weighted by molar-refractivity contribution is -0.142. The molecule has 21 heavy (non-hydrogen) atoms. The van der Waals surface area contributed by atoms with Gasteiger partial charge >= 0.3 is 0 Å². The monoisotopic (exact) mass is 311 g/mol. The molecule has 2 fully saturated rings. The number of aromatic nitrogens is 2. The molecule has 1 aliphatic carbocycles. The standard InChI is InChI=1S/C14H15ClFN3O2/c1-19-7-14(11(20)12(19)21)4-2-3-8(5-14)10-9(16)6-17-13(15)18-10/h6,8H,2-5,7H2,1H3/t8-,14-/m0/s1. The van der Waals surface area contributed by atoms with Gasteiger partial charge in [-0.05, 0) is 30.9 Å². The average molecular weight is 312 g/mol. The minimum atomic E-state index is -0.696. The third kappa shape index (κ3) is 2.31. The van der Waals surface area contributed by atoms with Gasteiger partial charge in [-0.25, -0.2) is 14.4 Å². The number of ketones is 1. The molecule has 2 aliphatic rings. The summed E-state index contributed by atoms with van der Waals surface area (Å²) in [5.74, 6) is -1.51. The van der Waals surface area contributed by atoms with Crippen LogP contribution >= 0.6 is 11.6 Å². The van der Waals surface area contributed by atoms with Crippen LogP contribution < -0.4 is 0 Å². The molecular weight excluding hydrogens is 297 g/mol. The molecule has 1 amide bonds. The minimum absolute atomic E-state index is 0.00281. The highest BCUT2D eigenvalue weighted by atomic mass is 35.5. The van der Waals surface area contributed by atoms with Crippen LogP contribution in [0.2, 0.25) is 5.28 Å². The Balaban J connectivity index is 1.92. The van der Waals surface area contributed by atoms with Crippen molar-refractivity contribution >= 4 is 23.3 Å². The third-order valence-electron chi connectivity index (χ3n) is 4.54. The summed E-state index contributed by atoms with van der Waals surface area (Å²) in [6, 6.07) is 0. The number of amides is 1. The molecule has 5 nitrogen and oxygen atoms in total. The molecule has 1 saturated heterocycles. The van der Waals surface area contributed by atoms with Gasteiger partial charge in [0, 0.05) is 19.5 Å². The fraction of sp³-hybridized carbons (Fsp3) is 0.571. The Morgan fingerprint density at radius 2 is 2.24 bits per heavy atom. The molecule has 1 aliphatic heterocycles. The van der Waals surface area contributed by atoms with Crippen LogP contribution in [0.15, 0.2) is 6.20 Å². The highest BCUT2D eigenvalue weighted by Crippen LogP contribution is 2.47. The summed E-state index contributed by atoms with van der Waals surface area (Å²) in [6.45, 7) is 0.404. The van der Waals surface area contributed by atoms with Crippen molar-refractivity contribution in [2.75, 3.05) is 13.6 Å². The first-order valence-electron chi connectivity index (χ1n) is 6.91. The van der Waals surface area contributed by atoms with Gasteiger partial charge < -0.3 is 4.90 Å². The quantitative estimate of drug-likeness (QED) is 0.587. The molecule has 0 unspecified atom stereocenters. The van der Waals surface area contributed by atoms with Gasteiger partial charge in [0.15, 0.2) is 5.82 Å². The maximum atomic E-state index is 13.9. The SMILES string of the molecule is CN1C[C@@]2(CCC[C@H](c3nc(Cl)ncc3F)C2)C(=O)C1=O. The second kappa shape index (κ2) is 5.02. The molecule has 1 aromatic rings. The molecule has 7 heteroatoms. The normalized spacial score (nSPS) is 29.5. The fourth-order valence-corrected chi connectivity index (χ4v) is 3.73. The van der Waals surface area contributed by atoms with Crippen molar-refractivity contribution in [1.29, 1.82) is 0 Å². The highest BCUT2D eigenvalue weighted by molar-refractivity contribution is 6.40. The van der Waals surface area contributed by atoms with Crippen LogP contribution in [0.4, 0.5) is 4.39 Å². The average Bonchev–Trinajstić information content (AvgIpc) is 2.66. The third-order valence-corrected chi connectivity index (χ3v) is 4.72. The number of halogens is 2. The second-order valence-electron chi connectivity index (χ2n) is 5.94. The summed E-state index contributed by atoms with van der Waals surface area (Å²) < 4.78 is 13.9. The van der Waals surface area contributed by atoms with Gasteiger partial charge in [-0.3, -0.25) is 9.59 Å².